The van der Waals surface area contributed by atoms with E-state index in [4.69, 9.17) is 9.47 Å². The Labute approximate surface area is 153 Å². The largest absolute Gasteiger partial charge is 0.491 e. The topological polar surface area (TPSA) is 40.5 Å². The number of hydrogen-bond donors (Lipinski definition) is 0. The van der Waals surface area contributed by atoms with Crippen molar-refractivity contribution in [2.45, 2.75) is 25.2 Å². The molecule has 25 heavy (non-hydrogen) atoms. The molecule has 4 nitrogen and oxygen atoms in total. The third kappa shape index (κ3) is 4.83. The van der Waals surface area contributed by atoms with Crippen LogP contribution in [-0.2, 0) is 7.05 Å². The summed E-state index contributed by atoms with van der Waals surface area (Å²) in [7, 11) is 3.22. The minimum absolute atomic E-state index is 0.165. The Hall–Kier alpha value is -2.32. The quantitative estimate of drug-likeness (QED) is 0.579. The number of benzene rings is 1. The van der Waals surface area contributed by atoms with Gasteiger partial charge in [0.1, 0.15) is 12.4 Å². The average molecular weight is 357 g/mol. The molecule has 0 atom stereocenters. The van der Waals surface area contributed by atoms with E-state index in [-0.39, 0.29) is 5.56 Å². The van der Waals surface area contributed by atoms with Gasteiger partial charge < -0.3 is 14.0 Å². The van der Waals surface area contributed by atoms with Gasteiger partial charge in [-0.15, -0.1) is 17.7 Å². The smallest absolute Gasteiger partial charge is 0.292 e. The van der Waals surface area contributed by atoms with Gasteiger partial charge in [0.05, 0.1) is 7.11 Å². The maximum absolute atomic E-state index is 12.1. The molecule has 0 amide bonds. The first-order valence-electron chi connectivity index (χ1n) is 8.21. The summed E-state index contributed by atoms with van der Waals surface area (Å²) in [4.78, 5) is 13.2. The van der Waals surface area contributed by atoms with Gasteiger partial charge in [0.2, 0.25) is 0 Å². The van der Waals surface area contributed by atoms with Crippen LogP contribution in [0.3, 0.4) is 0 Å². The van der Waals surface area contributed by atoms with Crippen LogP contribution in [0.4, 0.5) is 0 Å². The summed E-state index contributed by atoms with van der Waals surface area (Å²) >= 11 is 1.76. The molecule has 1 heterocycles. The molecule has 0 aliphatic rings. The van der Waals surface area contributed by atoms with Crippen LogP contribution in [0, 0.1) is 11.8 Å². The number of nitrogens with zero attached hydrogens (tertiary/aromatic N) is 1. The maximum atomic E-state index is 12.1. The molecular formula is C20H23NO3S. The van der Waals surface area contributed by atoms with Gasteiger partial charge in [-0.1, -0.05) is 19.8 Å². The third-order valence-electron chi connectivity index (χ3n) is 3.55. The van der Waals surface area contributed by atoms with Gasteiger partial charge in [-0.25, -0.2) is 0 Å². The Balaban J connectivity index is 2.50. The third-order valence-corrected chi connectivity index (χ3v) is 4.42. The lowest BCUT2D eigenvalue weighted by atomic mass is 10.1. The van der Waals surface area contributed by atoms with Crippen LogP contribution >= 0.6 is 11.8 Å². The van der Waals surface area contributed by atoms with E-state index >= 15 is 0 Å². The van der Waals surface area contributed by atoms with Gasteiger partial charge in [-0.3, -0.25) is 4.79 Å². The van der Waals surface area contributed by atoms with Crippen LogP contribution in [0.2, 0.25) is 0 Å². The summed E-state index contributed by atoms with van der Waals surface area (Å²) in [6.07, 6.45) is 2.60. The first kappa shape index (κ1) is 19.0. The molecule has 0 aliphatic heterocycles. The fourth-order valence-corrected chi connectivity index (χ4v) is 3.08. The number of thioether (sulfide) groups is 1. The van der Waals surface area contributed by atoms with Crippen molar-refractivity contribution in [1.29, 1.82) is 0 Å². The van der Waals surface area contributed by atoms with Gasteiger partial charge in [0.25, 0.3) is 5.56 Å². The van der Waals surface area contributed by atoms with Crippen LogP contribution < -0.4 is 15.0 Å². The Morgan fingerprint density at radius 1 is 1.16 bits per heavy atom. The van der Waals surface area contributed by atoms with Crippen LogP contribution in [0.25, 0.3) is 11.1 Å². The molecule has 0 saturated heterocycles. The molecule has 0 saturated carbocycles. The van der Waals surface area contributed by atoms with Crippen molar-refractivity contribution < 1.29 is 9.47 Å². The summed E-state index contributed by atoms with van der Waals surface area (Å²) < 4.78 is 12.6. The van der Waals surface area contributed by atoms with E-state index in [9.17, 15) is 4.79 Å². The van der Waals surface area contributed by atoms with Crippen molar-refractivity contribution in [2.24, 2.45) is 7.05 Å². The number of aryl methyl sites for hydroxylation is 1. The second-order valence-corrected chi connectivity index (χ2v) is 6.64. The fraction of sp³-hybridized carbons (Fsp3) is 0.350. The molecule has 2 rings (SSSR count). The van der Waals surface area contributed by atoms with E-state index in [1.165, 1.54) is 11.7 Å². The van der Waals surface area contributed by atoms with Crippen molar-refractivity contribution in [3.63, 3.8) is 0 Å². The lowest BCUT2D eigenvalue weighted by molar-refractivity contribution is 0.371. The minimum Gasteiger partial charge on any atom is -0.491 e. The Kier molecular flexibility index (Phi) is 7.03. The Bertz CT molecular complexity index is 846. The minimum atomic E-state index is -0.165. The molecule has 0 bridgehead atoms. The van der Waals surface area contributed by atoms with Crippen LogP contribution in [0.15, 0.2) is 40.2 Å². The predicted molar refractivity (Wildman–Crippen MR) is 104 cm³/mol. The van der Waals surface area contributed by atoms with E-state index in [0.717, 1.165) is 33.9 Å². The van der Waals surface area contributed by atoms with E-state index < -0.39 is 0 Å². The highest BCUT2D eigenvalue weighted by atomic mass is 32.2. The average Bonchev–Trinajstić information content (AvgIpc) is 2.62. The zero-order chi connectivity index (χ0) is 18.2. The van der Waals surface area contributed by atoms with E-state index in [0.29, 0.717) is 12.4 Å². The molecule has 2 aromatic rings. The number of methoxy groups -OCH3 is 1. The molecule has 0 unspecified atom stereocenters. The molecule has 5 heteroatoms. The van der Waals surface area contributed by atoms with Crippen molar-refractivity contribution in [2.75, 3.05) is 19.5 Å². The Morgan fingerprint density at radius 3 is 2.64 bits per heavy atom. The van der Waals surface area contributed by atoms with Gasteiger partial charge in [0, 0.05) is 35.7 Å². The second-order valence-electron chi connectivity index (χ2n) is 5.30. The number of hydrogen-bond acceptors (Lipinski definition) is 4. The van der Waals surface area contributed by atoms with Crippen molar-refractivity contribution in [1.82, 2.24) is 4.57 Å². The summed E-state index contributed by atoms with van der Waals surface area (Å²) in [6.45, 7) is 4.46. The van der Waals surface area contributed by atoms with Gasteiger partial charge in [-0.05, 0) is 30.0 Å². The van der Waals surface area contributed by atoms with E-state index in [1.807, 2.05) is 19.1 Å². The Morgan fingerprint density at radius 2 is 1.96 bits per heavy atom. The van der Waals surface area contributed by atoms with Crippen LogP contribution in [-0.4, -0.2) is 24.0 Å². The van der Waals surface area contributed by atoms with Gasteiger partial charge in [-0.2, -0.15) is 0 Å². The molecule has 0 radical (unpaired) electrons. The molecule has 1 aromatic carbocycles. The van der Waals surface area contributed by atoms with E-state index in [1.54, 1.807) is 31.1 Å². The zero-order valence-electron chi connectivity index (χ0n) is 15.1. The zero-order valence-corrected chi connectivity index (χ0v) is 15.9. The molecular weight excluding hydrogens is 334 g/mol. The highest BCUT2D eigenvalue weighted by Gasteiger charge is 2.12. The predicted octanol–water partition coefficient (Wildman–Crippen LogP) is 3.97. The summed E-state index contributed by atoms with van der Waals surface area (Å²) in [6, 6.07) is 7.83. The molecule has 0 fully saturated rings. The number of rotatable bonds is 6. The lowest BCUT2D eigenvalue weighted by Crippen LogP contribution is -2.17. The second kappa shape index (κ2) is 9.24. The standard InChI is InChI=1S/C20H23NO3S/c1-5-7-8-11-24-18-10-9-16(25-6-2)13-17(18)15-12-19(23-4)20(22)21(3)14-15/h9-10,12-14H,5-6,11H2,1-4H3. The van der Waals surface area contributed by atoms with E-state index in [2.05, 4.69) is 24.8 Å². The lowest BCUT2D eigenvalue weighted by Gasteiger charge is -2.14. The number of pyridine rings is 1. The number of aromatic nitrogens is 1. The first-order valence-corrected chi connectivity index (χ1v) is 9.19. The van der Waals surface area contributed by atoms with Crippen molar-refractivity contribution >= 4 is 11.8 Å². The van der Waals surface area contributed by atoms with Crippen molar-refractivity contribution in [3.05, 3.63) is 40.8 Å². The summed E-state index contributed by atoms with van der Waals surface area (Å²) in [5, 5.41) is 0. The van der Waals surface area contributed by atoms with Crippen LogP contribution in [0.1, 0.15) is 20.3 Å². The molecule has 0 N–H and O–H groups in total. The normalized spacial score (nSPS) is 10.1. The fourth-order valence-electron chi connectivity index (χ4n) is 2.38. The maximum Gasteiger partial charge on any atom is 0.292 e. The highest BCUT2D eigenvalue weighted by Crippen LogP contribution is 2.34. The molecule has 0 spiro atoms. The molecule has 1 aromatic heterocycles. The number of ether oxygens (including phenoxy) is 2. The molecule has 0 aliphatic carbocycles. The highest BCUT2D eigenvalue weighted by molar-refractivity contribution is 7.99. The summed E-state index contributed by atoms with van der Waals surface area (Å²) in [5.41, 5.74) is 1.63. The first-order chi connectivity index (χ1) is 12.1. The van der Waals surface area contributed by atoms with Gasteiger partial charge >= 0.3 is 0 Å². The van der Waals surface area contributed by atoms with Crippen molar-refractivity contribution in [3.8, 4) is 34.5 Å². The molecule has 132 valence electrons. The monoisotopic (exact) mass is 357 g/mol. The summed E-state index contributed by atoms with van der Waals surface area (Å²) in [5.74, 6) is 8.02. The van der Waals surface area contributed by atoms with Gasteiger partial charge in [0.15, 0.2) is 5.75 Å². The van der Waals surface area contributed by atoms with Crippen LogP contribution in [0.5, 0.6) is 11.5 Å². The SMILES string of the molecule is CCC#CCOc1ccc(SCC)cc1-c1cc(OC)c(=O)n(C)c1.